The molecule has 0 fully saturated rings. The maximum atomic E-state index is 12.6. The molecule has 0 bridgehead atoms. The van der Waals surface area contributed by atoms with Crippen LogP contribution in [0.2, 0.25) is 0 Å². The monoisotopic (exact) mass is 494 g/mol. The SMILES string of the molecule is CN(Cc1cccs1)C(=O)COC(=O)COc1ccc(N(C)S(=O)(=O)c2cccs2)cc1. The van der Waals surface area contributed by atoms with Gasteiger partial charge in [-0.3, -0.25) is 9.10 Å². The molecule has 0 aliphatic rings. The van der Waals surface area contributed by atoms with Crippen molar-refractivity contribution in [2.45, 2.75) is 10.8 Å². The van der Waals surface area contributed by atoms with Gasteiger partial charge in [-0.2, -0.15) is 0 Å². The van der Waals surface area contributed by atoms with E-state index in [1.807, 2.05) is 17.5 Å². The number of likely N-dealkylation sites (N-methyl/N-ethyl adjacent to an activating group) is 1. The third-order valence-electron chi connectivity index (χ3n) is 4.42. The lowest BCUT2D eigenvalue weighted by molar-refractivity contribution is -0.153. The minimum atomic E-state index is -3.62. The summed E-state index contributed by atoms with van der Waals surface area (Å²) in [4.78, 5) is 26.5. The van der Waals surface area contributed by atoms with Crippen LogP contribution in [0.4, 0.5) is 5.69 Å². The molecule has 0 radical (unpaired) electrons. The largest absolute Gasteiger partial charge is 0.482 e. The fraction of sp³-hybridized carbons (Fsp3) is 0.238. The summed E-state index contributed by atoms with van der Waals surface area (Å²) in [6.45, 7) is -0.285. The Morgan fingerprint density at radius 1 is 0.938 bits per heavy atom. The number of nitrogens with zero attached hydrogens (tertiary/aromatic N) is 2. The summed E-state index contributed by atoms with van der Waals surface area (Å²) in [5, 5.41) is 3.63. The molecule has 0 N–H and O–H groups in total. The van der Waals surface area contributed by atoms with Crippen LogP contribution in [0.3, 0.4) is 0 Å². The molecule has 1 amide bonds. The first kappa shape index (κ1) is 23.8. The first-order valence-corrected chi connectivity index (χ1v) is 12.6. The lowest BCUT2D eigenvalue weighted by Gasteiger charge is -2.18. The molecule has 1 aromatic carbocycles. The number of carbonyl (C=O) groups excluding carboxylic acids is 2. The van der Waals surface area contributed by atoms with E-state index < -0.39 is 16.0 Å². The Hall–Kier alpha value is -2.89. The van der Waals surface area contributed by atoms with Gasteiger partial charge >= 0.3 is 5.97 Å². The molecule has 0 spiro atoms. The van der Waals surface area contributed by atoms with E-state index in [-0.39, 0.29) is 23.3 Å². The van der Waals surface area contributed by atoms with Crippen molar-refractivity contribution < 1.29 is 27.5 Å². The maximum absolute atomic E-state index is 12.6. The number of hydrogen-bond donors (Lipinski definition) is 0. The summed E-state index contributed by atoms with van der Waals surface area (Å²) in [5.74, 6) is -0.621. The molecule has 0 aliphatic heterocycles. The quantitative estimate of drug-likeness (QED) is 0.402. The van der Waals surface area contributed by atoms with E-state index in [0.29, 0.717) is 18.0 Å². The van der Waals surface area contributed by atoms with Gasteiger partial charge < -0.3 is 14.4 Å². The van der Waals surface area contributed by atoms with E-state index in [0.717, 1.165) is 16.2 Å². The van der Waals surface area contributed by atoms with Gasteiger partial charge in [0.05, 0.1) is 12.2 Å². The van der Waals surface area contributed by atoms with Crippen molar-refractivity contribution in [3.63, 3.8) is 0 Å². The fourth-order valence-corrected chi connectivity index (χ4v) is 5.71. The lowest BCUT2D eigenvalue weighted by Crippen LogP contribution is -2.31. The van der Waals surface area contributed by atoms with E-state index in [1.165, 1.54) is 16.3 Å². The van der Waals surface area contributed by atoms with Crippen LogP contribution in [0.1, 0.15) is 4.88 Å². The van der Waals surface area contributed by atoms with Crippen molar-refractivity contribution in [2.75, 3.05) is 31.6 Å². The smallest absolute Gasteiger partial charge is 0.344 e. The number of hydrogen-bond acceptors (Lipinski definition) is 8. The van der Waals surface area contributed by atoms with E-state index in [4.69, 9.17) is 9.47 Å². The predicted molar refractivity (Wildman–Crippen MR) is 124 cm³/mol. The number of esters is 1. The van der Waals surface area contributed by atoms with Crippen molar-refractivity contribution in [1.29, 1.82) is 0 Å². The highest BCUT2D eigenvalue weighted by Crippen LogP contribution is 2.26. The Labute approximate surface area is 194 Å². The van der Waals surface area contributed by atoms with Gasteiger partial charge in [0.1, 0.15) is 9.96 Å². The molecule has 11 heteroatoms. The highest BCUT2D eigenvalue weighted by molar-refractivity contribution is 7.94. The number of carbonyl (C=O) groups is 2. The second-order valence-corrected chi connectivity index (χ2v) is 10.9. The highest BCUT2D eigenvalue weighted by Gasteiger charge is 2.22. The van der Waals surface area contributed by atoms with Crippen LogP contribution in [0.25, 0.3) is 0 Å². The van der Waals surface area contributed by atoms with Crippen molar-refractivity contribution in [2.24, 2.45) is 0 Å². The molecule has 0 aliphatic carbocycles. The second kappa shape index (κ2) is 10.6. The summed E-state index contributed by atoms with van der Waals surface area (Å²) in [7, 11) is -0.515. The van der Waals surface area contributed by atoms with Gasteiger partial charge in [-0.25, -0.2) is 13.2 Å². The zero-order valence-electron chi connectivity index (χ0n) is 17.5. The van der Waals surface area contributed by atoms with Crippen molar-refractivity contribution in [3.8, 4) is 5.75 Å². The van der Waals surface area contributed by atoms with E-state index in [2.05, 4.69) is 0 Å². The molecule has 0 atom stereocenters. The summed E-state index contributed by atoms with van der Waals surface area (Å²) in [6, 6.07) is 13.3. The van der Waals surface area contributed by atoms with Crippen LogP contribution in [0, 0.1) is 0 Å². The number of ether oxygens (including phenoxy) is 2. The first-order chi connectivity index (χ1) is 15.3. The minimum absolute atomic E-state index is 0.249. The number of rotatable bonds is 10. The second-order valence-electron chi connectivity index (χ2n) is 6.68. The average Bonchev–Trinajstić information content (AvgIpc) is 3.50. The van der Waals surface area contributed by atoms with Crippen molar-refractivity contribution in [1.82, 2.24) is 4.90 Å². The third kappa shape index (κ3) is 6.09. The Morgan fingerprint density at radius 2 is 1.62 bits per heavy atom. The first-order valence-electron chi connectivity index (χ1n) is 9.44. The van der Waals surface area contributed by atoms with Gasteiger partial charge in [0.25, 0.3) is 15.9 Å². The van der Waals surface area contributed by atoms with E-state index >= 15 is 0 Å². The third-order valence-corrected chi connectivity index (χ3v) is 8.44. The summed E-state index contributed by atoms with van der Waals surface area (Å²) in [6.07, 6.45) is 0. The van der Waals surface area contributed by atoms with Gasteiger partial charge in [-0.05, 0) is 47.2 Å². The highest BCUT2D eigenvalue weighted by atomic mass is 32.2. The summed E-state index contributed by atoms with van der Waals surface area (Å²) >= 11 is 2.69. The summed E-state index contributed by atoms with van der Waals surface area (Å²) < 4.78 is 36.9. The Balaban J connectivity index is 1.45. The predicted octanol–water partition coefficient (Wildman–Crippen LogP) is 3.22. The molecule has 3 aromatic rings. The lowest BCUT2D eigenvalue weighted by atomic mass is 10.3. The molecule has 0 saturated heterocycles. The molecule has 170 valence electrons. The van der Waals surface area contributed by atoms with Crippen molar-refractivity contribution in [3.05, 3.63) is 64.2 Å². The van der Waals surface area contributed by atoms with Gasteiger partial charge in [0.15, 0.2) is 13.2 Å². The van der Waals surface area contributed by atoms with E-state index in [1.54, 1.807) is 60.2 Å². The topological polar surface area (TPSA) is 93.2 Å². The summed E-state index contributed by atoms with van der Waals surface area (Å²) in [5.41, 5.74) is 0.452. The minimum Gasteiger partial charge on any atom is -0.482 e. The molecule has 8 nitrogen and oxygen atoms in total. The molecular weight excluding hydrogens is 472 g/mol. The van der Waals surface area contributed by atoms with Gasteiger partial charge in [0.2, 0.25) is 0 Å². The standard InChI is InChI=1S/C21H22N2O6S3/c1-22(13-18-5-3-11-30-18)19(24)14-29-20(25)15-28-17-9-7-16(8-10-17)23(2)32(26,27)21-6-4-12-31-21/h3-12H,13-15H2,1-2H3. The van der Waals surface area contributed by atoms with Gasteiger partial charge in [0, 0.05) is 19.0 Å². The molecular formula is C21H22N2O6S3. The molecule has 2 heterocycles. The van der Waals surface area contributed by atoms with Crippen molar-refractivity contribution >= 4 is 50.3 Å². The number of sulfonamides is 1. The van der Waals surface area contributed by atoms with Crippen LogP contribution in [-0.4, -0.2) is 52.5 Å². The van der Waals surface area contributed by atoms with Crippen LogP contribution in [0.5, 0.6) is 5.75 Å². The molecule has 3 rings (SSSR count). The Morgan fingerprint density at radius 3 is 2.25 bits per heavy atom. The Bertz CT molecular complexity index is 1130. The van der Waals surface area contributed by atoms with Gasteiger partial charge in [-0.1, -0.05) is 12.1 Å². The fourth-order valence-electron chi connectivity index (χ4n) is 2.60. The molecule has 0 saturated carbocycles. The van der Waals surface area contributed by atoms with Crippen LogP contribution >= 0.6 is 22.7 Å². The van der Waals surface area contributed by atoms with Crippen LogP contribution in [0.15, 0.2) is 63.5 Å². The van der Waals surface area contributed by atoms with Crippen LogP contribution in [-0.2, 0) is 30.9 Å². The zero-order valence-corrected chi connectivity index (χ0v) is 19.9. The molecule has 2 aromatic heterocycles. The number of benzene rings is 1. The average molecular weight is 495 g/mol. The maximum Gasteiger partial charge on any atom is 0.344 e. The van der Waals surface area contributed by atoms with Crippen LogP contribution < -0.4 is 9.04 Å². The number of anilines is 1. The number of amides is 1. The zero-order chi connectivity index (χ0) is 23.1. The van der Waals surface area contributed by atoms with E-state index in [9.17, 15) is 18.0 Å². The molecule has 0 unspecified atom stereocenters. The molecule has 32 heavy (non-hydrogen) atoms. The van der Waals surface area contributed by atoms with Gasteiger partial charge in [-0.15, -0.1) is 22.7 Å². The Kier molecular flexibility index (Phi) is 7.89. The normalized spacial score (nSPS) is 11.1. The number of thiophene rings is 2.